The molecule has 12 nitrogen and oxygen atoms in total. The van der Waals surface area contributed by atoms with E-state index >= 15 is 0 Å². The summed E-state index contributed by atoms with van der Waals surface area (Å²) in [5, 5.41) is 8.06. The molecule has 6 N–H and O–H groups in total. The van der Waals surface area contributed by atoms with Gasteiger partial charge in [0.15, 0.2) is 21.2 Å². The number of nitrogens with zero attached hydrogens (tertiary/aromatic N) is 4. The molecule has 2 aliphatic rings. The maximum atomic E-state index is 13.0. The third-order valence-electron chi connectivity index (χ3n) is 10.8. The van der Waals surface area contributed by atoms with Crippen LogP contribution in [-0.2, 0) is 0 Å². The summed E-state index contributed by atoms with van der Waals surface area (Å²) in [4.78, 5) is 37.5. The summed E-state index contributed by atoms with van der Waals surface area (Å²) in [7, 11) is 10.7. The first kappa shape index (κ1) is 52.6. The minimum Gasteiger partial charge on any atom is -0.492 e. The van der Waals surface area contributed by atoms with E-state index in [0.29, 0.717) is 62.4 Å². The van der Waals surface area contributed by atoms with Crippen molar-refractivity contribution in [2.45, 2.75) is 63.5 Å². The number of aliphatic imine (C=N–C) groups is 1. The van der Waals surface area contributed by atoms with Crippen molar-refractivity contribution in [1.82, 2.24) is 14.8 Å². The quantitative estimate of drug-likeness (QED) is 0.0164. The van der Waals surface area contributed by atoms with Gasteiger partial charge in [0.05, 0.1) is 5.33 Å². The molecule has 0 spiro atoms. The van der Waals surface area contributed by atoms with Crippen LogP contribution in [0, 0.1) is 0 Å². The summed E-state index contributed by atoms with van der Waals surface area (Å²) >= 11 is 11.0. The Labute approximate surface area is 414 Å². The van der Waals surface area contributed by atoms with Gasteiger partial charge < -0.3 is 41.4 Å². The minimum absolute atomic E-state index is 0.0793. The summed E-state index contributed by atoms with van der Waals surface area (Å²) in [6.45, 7) is 5.49. The van der Waals surface area contributed by atoms with Crippen LogP contribution in [0.15, 0.2) is 102 Å². The number of aromatic nitrogens is 1. The number of benzene rings is 4. The number of rotatable bonds is 18. The minimum atomic E-state index is -0.0793. The third-order valence-corrected chi connectivity index (χ3v) is 13.6. The van der Waals surface area contributed by atoms with Crippen LogP contribution in [0.4, 0.5) is 22.3 Å². The molecule has 2 saturated carbocycles. The van der Waals surface area contributed by atoms with Crippen molar-refractivity contribution >= 4 is 105 Å². The number of ketones is 2. The lowest BCUT2D eigenvalue weighted by Crippen LogP contribution is -2.30. The van der Waals surface area contributed by atoms with Crippen LogP contribution < -0.4 is 31.6 Å². The Morgan fingerprint density at radius 1 is 0.848 bits per heavy atom. The number of carbonyl (C=O) groups excluding carboxylic acids is 2. The fourth-order valence-electron chi connectivity index (χ4n) is 5.98. The van der Waals surface area contributed by atoms with Gasteiger partial charge in [-0.25, -0.2) is 4.98 Å². The molecule has 3 atom stereocenters. The molecule has 4 aromatic carbocycles. The molecular weight excluding hydrogens is 972 g/mol. The molecule has 1 unspecified atom stereocenters. The number of thiocarbonyl (C=S) groups is 1. The molecule has 17 heteroatoms. The van der Waals surface area contributed by atoms with E-state index in [2.05, 4.69) is 81.6 Å². The van der Waals surface area contributed by atoms with Crippen LogP contribution in [0.5, 0.6) is 11.5 Å². The average Bonchev–Trinajstić information content (AvgIpc) is 4.26. The third kappa shape index (κ3) is 17.3. The van der Waals surface area contributed by atoms with Crippen molar-refractivity contribution in [1.29, 1.82) is 0 Å². The second kappa shape index (κ2) is 26.2. The molecule has 0 bridgehead atoms. The van der Waals surface area contributed by atoms with Crippen LogP contribution >= 0.6 is 60.5 Å². The van der Waals surface area contributed by atoms with Crippen molar-refractivity contribution in [3.8, 4) is 11.5 Å². The highest BCUT2D eigenvalue weighted by Gasteiger charge is 2.26. The van der Waals surface area contributed by atoms with E-state index < -0.39 is 0 Å². The molecule has 352 valence electrons. The van der Waals surface area contributed by atoms with Crippen LogP contribution in [0.3, 0.4) is 0 Å². The van der Waals surface area contributed by atoms with E-state index in [0.717, 1.165) is 39.8 Å². The Morgan fingerprint density at radius 2 is 1.35 bits per heavy atom. The molecule has 2 aliphatic carbocycles. The van der Waals surface area contributed by atoms with Gasteiger partial charge >= 0.3 is 0 Å². The summed E-state index contributed by atoms with van der Waals surface area (Å²) in [5.74, 6) is 3.31. The molecule has 1 heterocycles. The summed E-state index contributed by atoms with van der Waals surface area (Å²) < 4.78 is 11.6. The number of nitrogens with two attached hydrogens (primary N) is 2. The van der Waals surface area contributed by atoms with Gasteiger partial charge in [-0.3, -0.25) is 9.59 Å². The van der Waals surface area contributed by atoms with E-state index in [4.69, 9.17) is 33.2 Å². The first-order chi connectivity index (χ1) is 31.6. The van der Waals surface area contributed by atoms with E-state index in [-0.39, 0.29) is 17.4 Å². The van der Waals surface area contributed by atoms with E-state index in [1.807, 2.05) is 113 Å². The van der Waals surface area contributed by atoms with Crippen LogP contribution in [0.25, 0.3) is 0 Å². The molecule has 7 rings (SSSR count). The molecule has 2 fully saturated rings. The van der Waals surface area contributed by atoms with Gasteiger partial charge in [-0.15, -0.1) is 9.24 Å². The summed E-state index contributed by atoms with van der Waals surface area (Å²) in [6.07, 6.45) is 4.97. The zero-order valence-electron chi connectivity index (χ0n) is 38.5. The van der Waals surface area contributed by atoms with Crippen molar-refractivity contribution < 1.29 is 19.1 Å². The van der Waals surface area contributed by atoms with Gasteiger partial charge in [-0.2, -0.15) is 4.99 Å². The second-order valence-corrected chi connectivity index (χ2v) is 20.5. The summed E-state index contributed by atoms with van der Waals surface area (Å²) in [5.41, 5.74) is 18.3. The Kier molecular flexibility index (Phi) is 20.9. The largest absolute Gasteiger partial charge is 0.492 e. The summed E-state index contributed by atoms with van der Waals surface area (Å²) in [6, 6.07) is 31.8. The molecular formula is C49H62BrN8O4PS3. The molecule has 1 aromatic heterocycles. The zero-order chi connectivity index (χ0) is 47.8. The maximum absolute atomic E-state index is 13.0. The number of amidine groups is 1. The number of halogens is 1. The van der Waals surface area contributed by atoms with Gasteiger partial charge in [-0.05, 0) is 164 Å². The van der Waals surface area contributed by atoms with Crippen molar-refractivity contribution in [3.05, 3.63) is 124 Å². The van der Waals surface area contributed by atoms with E-state index in [1.54, 1.807) is 0 Å². The van der Waals surface area contributed by atoms with Crippen molar-refractivity contribution in [2.75, 3.05) is 68.6 Å². The van der Waals surface area contributed by atoms with Crippen LogP contribution in [0.2, 0.25) is 0 Å². The lowest BCUT2D eigenvalue weighted by atomic mass is 10.0. The number of alkyl halides is 1. The second-order valence-electron chi connectivity index (χ2n) is 16.5. The number of anilines is 4. The SMILES string of the molecule is C[C@H](COc1ccc(NC(=S)N=C(N)SCP)cc1)N(C)C.C[C@H](COc1ccc(Nc2nc(N)c(C(=O)c3cccc(C4CC4)c3)s2)cc1)N(C)C.O=C(CBr)c1cccc(C2CC2)c1. The number of thiazole rings is 1. The average molecular weight is 1030 g/mol. The Bertz CT molecular complexity index is 2390. The molecule has 0 amide bonds. The Hall–Kier alpha value is -4.41. The fourth-order valence-corrected chi connectivity index (χ4v) is 8.29. The number of nitrogen functional groups attached to an aromatic ring is 1. The number of nitrogens with one attached hydrogen (secondary N) is 2. The number of thioether (sulfide) groups is 1. The molecule has 0 aliphatic heterocycles. The van der Waals surface area contributed by atoms with Crippen molar-refractivity contribution in [3.63, 3.8) is 0 Å². The van der Waals surface area contributed by atoms with Gasteiger partial charge in [0.25, 0.3) is 0 Å². The van der Waals surface area contributed by atoms with Crippen LogP contribution in [-0.4, -0.2) is 101 Å². The highest BCUT2D eigenvalue weighted by atomic mass is 79.9. The number of Topliss-reactive ketones (excluding diaryl/α,β-unsaturated/α-hetero) is 1. The smallest absolute Gasteiger partial charge is 0.206 e. The molecule has 0 radical (unpaired) electrons. The van der Waals surface area contributed by atoms with Gasteiger partial charge in [-0.1, -0.05) is 75.4 Å². The van der Waals surface area contributed by atoms with Gasteiger partial charge in [0.1, 0.15) is 35.4 Å². The lowest BCUT2D eigenvalue weighted by Gasteiger charge is -2.20. The van der Waals surface area contributed by atoms with E-state index in [1.165, 1.54) is 59.9 Å². The first-order valence-electron chi connectivity index (χ1n) is 21.8. The van der Waals surface area contributed by atoms with Gasteiger partial charge in [0.2, 0.25) is 5.78 Å². The maximum Gasteiger partial charge on any atom is 0.206 e. The predicted octanol–water partition coefficient (Wildman–Crippen LogP) is 10.6. The molecule has 5 aromatic rings. The Balaban J connectivity index is 0.000000202. The highest BCUT2D eigenvalue weighted by Crippen LogP contribution is 2.41. The van der Waals surface area contributed by atoms with Crippen molar-refractivity contribution in [2.24, 2.45) is 10.7 Å². The molecule has 0 saturated heterocycles. The number of ether oxygens (including phenoxy) is 2. The zero-order valence-corrected chi connectivity index (χ0v) is 43.7. The predicted molar refractivity (Wildman–Crippen MR) is 288 cm³/mol. The standard InChI is InChI=1S/C24H28N4O2S.C14H23N4OPS2.C11H11BrO/c1-15(28(2)3)14-30-20-11-9-19(10-12-20)26-24-27-23(25)22(31-24)21(29)18-6-4-5-17(13-18)16-7-8-16;1-10(18(2)3)8-19-12-6-4-11(5-7-12)16-14(21)17-13(15)22-9-20;12-7-11(13)10-3-1-2-9(6-10)8-4-5-8/h4-6,9-13,15-16H,7-8,14,25H2,1-3H3,(H,26,27);4-7,10H,8-9,20H2,1-3H3,(H3,15,16,17,21);1-3,6,8H,4-5,7H2/t15-;10-;/m11./s1. The number of hydrogen-bond acceptors (Lipinski definition) is 12. The lowest BCUT2D eigenvalue weighted by molar-refractivity contribution is 0.102. The van der Waals surface area contributed by atoms with E-state index in [9.17, 15) is 9.59 Å². The first-order valence-corrected chi connectivity index (χ1v) is 25.9. The molecule has 66 heavy (non-hydrogen) atoms. The Morgan fingerprint density at radius 3 is 1.83 bits per heavy atom. The van der Waals surface area contributed by atoms with Crippen LogP contribution in [0.1, 0.15) is 88.1 Å². The highest BCUT2D eigenvalue weighted by molar-refractivity contribution is 9.09. The van der Waals surface area contributed by atoms with Gasteiger partial charge in [0, 0.05) is 40.1 Å². The fraction of sp³-hybridized carbons (Fsp3) is 0.367. The topological polar surface area (TPSA) is 160 Å². The normalized spacial score (nSPS) is 14.2. The monoisotopic (exact) mass is 1030 g/mol. The number of likely N-dealkylation sites (N-methyl/N-ethyl adjacent to an activating group) is 2. The number of carbonyl (C=O) groups is 2. The number of hydrogen-bond donors (Lipinski definition) is 4.